The third-order valence-electron chi connectivity index (χ3n) is 2.99. The molecule has 0 heterocycles. The molecule has 1 atom stereocenters. The van der Waals surface area contributed by atoms with Crippen molar-refractivity contribution in [2.24, 2.45) is 0 Å². The van der Waals surface area contributed by atoms with Crippen LogP contribution in [0.25, 0.3) is 0 Å². The summed E-state index contributed by atoms with van der Waals surface area (Å²) in [4.78, 5) is 0. The van der Waals surface area contributed by atoms with Gasteiger partial charge in [-0.3, -0.25) is 0 Å². The smallest absolute Gasteiger partial charge is 0.123 e. The second-order valence-electron chi connectivity index (χ2n) is 4.30. The van der Waals surface area contributed by atoms with Gasteiger partial charge in [-0.1, -0.05) is 35.9 Å². The Labute approximate surface area is 111 Å². The van der Waals surface area contributed by atoms with Gasteiger partial charge in [0.25, 0.3) is 0 Å². The molecule has 1 N–H and O–H groups in total. The Morgan fingerprint density at radius 3 is 2.67 bits per heavy atom. The fourth-order valence-corrected chi connectivity index (χ4v) is 2.16. The molecule has 3 heteroatoms. The van der Waals surface area contributed by atoms with Crippen molar-refractivity contribution in [2.75, 3.05) is 0 Å². The summed E-state index contributed by atoms with van der Waals surface area (Å²) in [6.45, 7) is 1.87. The molecule has 94 valence electrons. The van der Waals surface area contributed by atoms with E-state index in [1.54, 1.807) is 24.3 Å². The second-order valence-corrected chi connectivity index (χ2v) is 4.71. The van der Waals surface area contributed by atoms with Gasteiger partial charge in [-0.2, -0.15) is 0 Å². The van der Waals surface area contributed by atoms with Gasteiger partial charge in [-0.05, 0) is 41.8 Å². The van der Waals surface area contributed by atoms with Crippen LogP contribution in [-0.2, 0) is 6.42 Å². The molecule has 0 spiro atoms. The zero-order valence-electron chi connectivity index (χ0n) is 10.0. The summed E-state index contributed by atoms with van der Waals surface area (Å²) < 4.78 is 13.1. The molecule has 0 aliphatic heterocycles. The first-order valence-electron chi connectivity index (χ1n) is 5.75. The molecule has 0 saturated heterocycles. The summed E-state index contributed by atoms with van der Waals surface area (Å²) in [6.07, 6.45) is -0.302. The third kappa shape index (κ3) is 2.89. The maximum Gasteiger partial charge on any atom is 0.123 e. The predicted molar refractivity (Wildman–Crippen MR) is 71.3 cm³/mol. The summed E-state index contributed by atoms with van der Waals surface area (Å²) in [7, 11) is 0. The normalized spacial score (nSPS) is 12.4. The standard InChI is InChI=1S/C15H14ClFO/c1-10-13(6-3-7-14(10)16)15(18)9-11-4-2-5-12(17)8-11/h2-8,15,18H,9H2,1H3. The van der Waals surface area contributed by atoms with E-state index in [1.165, 1.54) is 12.1 Å². The van der Waals surface area contributed by atoms with Crippen molar-refractivity contribution in [3.8, 4) is 0 Å². The quantitative estimate of drug-likeness (QED) is 0.886. The van der Waals surface area contributed by atoms with Crippen molar-refractivity contribution in [3.05, 3.63) is 70.0 Å². The van der Waals surface area contributed by atoms with Crippen LogP contribution in [0, 0.1) is 12.7 Å². The van der Waals surface area contributed by atoms with E-state index in [-0.39, 0.29) is 5.82 Å². The van der Waals surface area contributed by atoms with Crippen LogP contribution < -0.4 is 0 Å². The van der Waals surface area contributed by atoms with Gasteiger partial charge in [0.1, 0.15) is 5.82 Å². The van der Waals surface area contributed by atoms with Crippen LogP contribution in [0.15, 0.2) is 42.5 Å². The third-order valence-corrected chi connectivity index (χ3v) is 3.40. The van der Waals surface area contributed by atoms with Crippen LogP contribution >= 0.6 is 11.6 Å². The molecule has 18 heavy (non-hydrogen) atoms. The number of halogens is 2. The Bertz CT molecular complexity index is 554. The van der Waals surface area contributed by atoms with Crippen LogP contribution in [0.5, 0.6) is 0 Å². The number of aliphatic hydroxyl groups excluding tert-OH is 1. The Hall–Kier alpha value is -1.38. The van der Waals surface area contributed by atoms with Gasteiger partial charge in [-0.15, -0.1) is 0 Å². The number of rotatable bonds is 3. The summed E-state index contributed by atoms with van der Waals surface area (Å²) in [5, 5.41) is 10.8. The van der Waals surface area contributed by atoms with Gasteiger partial charge in [0.05, 0.1) is 6.10 Å². The number of hydrogen-bond donors (Lipinski definition) is 1. The lowest BCUT2D eigenvalue weighted by Gasteiger charge is -2.14. The molecule has 1 nitrogen and oxygen atoms in total. The van der Waals surface area contributed by atoms with Gasteiger partial charge in [0.15, 0.2) is 0 Å². The first-order valence-corrected chi connectivity index (χ1v) is 6.13. The van der Waals surface area contributed by atoms with Crippen molar-refractivity contribution in [1.29, 1.82) is 0 Å². The zero-order chi connectivity index (χ0) is 13.1. The van der Waals surface area contributed by atoms with E-state index in [4.69, 9.17) is 11.6 Å². The number of hydrogen-bond acceptors (Lipinski definition) is 1. The van der Waals surface area contributed by atoms with Crippen LogP contribution in [0.2, 0.25) is 5.02 Å². The van der Waals surface area contributed by atoms with Crippen molar-refractivity contribution in [1.82, 2.24) is 0 Å². The lowest BCUT2D eigenvalue weighted by atomic mass is 9.98. The summed E-state index contributed by atoms with van der Waals surface area (Å²) in [5.41, 5.74) is 2.41. The van der Waals surface area contributed by atoms with Crippen LogP contribution in [0.4, 0.5) is 4.39 Å². The molecule has 0 bridgehead atoms. The molecule has 0 aliphatic carbocycles. The van der Waals surface area contributed by atoms with Gasteiger partial charge < -0.3 is 5.11 Å². The lowest BCUT2D eigenvalue weighted by Crippen LogP contribution is -2.04. The highest BCUT2D eigenvalue weighted by Crippen LogP contribution is 2.26. The maximum atomic E-state index is 13.1. The van der Waals surface area contributed by atoms with E-state index in [0.29, 0.717) is 11.4 Å². The fourth-order valence-electron chi connectivity index (χ4n) is 1.98. The fraction of sp³-hybridized carbons (Fsp3) is 0.200. The lowest BCUT2D eigenvalue weighted by molar-refractivity contribution is 0.177. The minimum atomic E-state index is -0.675. The monoisotopic (exact) mass is 264 g/mol. The Kier molecular flexibility index (Phi) is 4.00. The van der Waals surface area contributed by atoms with Crippen LogP contribution in [0.1, 0.15) is 22.8 Å². The molecule has 2 rings (SSSR count). The van der Waals surface area contributed by atoms with Gasteiger partial charge >= 0.3 is 0 Å². The van der Waals surface area contributed by atoms with Gasteiger partial charge in [-0.25, -0.2) is 4.39 Å². The summed E-state index contributed by atoms with van der Waals surface area (Å²) >= 11 is 6.02. The Balaban J connectivity index is 2.22. The minimum Gasteiger partial charge on any atom is -0.388 e. The van der Waals surface area contributed by atoms with Crippen molar-refractivity contribution >= 4 is 11.6 Å². The molecule has 0 amide bonds. The summed E-state index contributed by atoms with van der Waals surface area (Å²) in [5.74, 6) is -0.289. The van der Waals surface area contributed by atoms with E-state index >= 15 is 0 Å². The molecule has 2 aromatic carbocycles. The average molecular weight is 265 g/mol. The molecular weight excluding hydrogens is 251 g/mol. The molecule has 0 saturated carbocycles. The topological polar surface area (TPSA) is 20.2 Å². The van der Waals surface area contributed by atoms with E-state index in [2.05, 4.69) is 0 Å². The molecular formula is C15H14ClFO. The number of aliphatic hydroxyl groups is 1. The highest BCUT2D eigenvalue weighted by molar-refractivity contribution is 6.31. The first kappa shape index (κ1) is 13.1. The number of benzene rings is 2. The molecule has 0 aromatic heterocycles. The van der Waals surface area contributed by atoms with Crippen molar-refractivity contribution in [2.45, 2.75) is 19.4 Å². The minimum absolute atomic E-state index is 0.289. The summed E-state index contributed by atoms with van der Waals surface area (Å²) in [6, 6.07) is 11.7. The van der Waals surface area contributed by atoms with Crippen LogP contribution in [0.3, 0.4) is 0 Å². The van der Waals surface area contributed by atoms with Gasteiger partial charge in [0, 0.05) is 11.4 Å². The van der Waals surface area contributed by atoms with Gasteiger partial charge in [0.2, 0.25) is 0 Å². The molecule has 2 aromatic rings. The first-order chi connectivity index (χ1) is 8.58. The Morgan fingerprint density at radius 1 is 1.22 bits per heavy atom. The maximum absolute atomic E-state index is 13.1. The zero-order valence-corrected chi connectivity index (χ0v) is 10.8. The van der Waals surface area contributed by atoms with E-state index in [9.17, 15) is 9.50 Å². The van der Waals surface area contributed by atoms with Crippen molar-refractivity contribution < 1.29 is 9.50 Å². The van der Waals surface area contributed by atoms with Crippen molar-refractivity contribution in [3.63, 3.8) is 0 Å². The Morgan fingerprint density at radius 2 is 1.94 bits per heavy atom. The average Bonchev–Trinajstić information content (AvgIpc) is 2.32. The predicted octanol–water partition coefficient (Wildman–Crippen LogP) is 4.06. The molecule has 0 aliphatic rings. The molecule has 1 unspecified atom stereocenters. The van der Waals surface area contributed by atoms with Crippen LogP contribution in [-0.4, -0.2) is 5.11 Å². The van der Waals surface area contributed by atoms with E-state index in [0.717, 1.165) is 16.7 Å². The van der Waals surface area contributed by atoms with E-state index < -0.39 is 6.10 Å². The SMILES string of the molecule is Cc1c(Cl)cccc1C(O)Cc1cccc(F)c1. The highest BCUT2D eigenvalue weighted by Gasteiger charge is 2.13. The highest BCUT2D eigenvalue weighted by atomic mass is 35.5. The molecule has 0 fully saturated rings. The molecule has 0 radical (unpaired) electrons. The second kappa shape index (κ2) is 5.51. The largest absolute Gasteiger partial charge is 0.388 e. The van der Waals surface area contributed by atoms with E-state index in [1.807, 2.05) is 13.0 Å².